The number of carbonyl (C=O) groups is 2. The first-order valence-corrected chi connectivity index (χ1v) is 11.4. The second-order valence-electron chi connectivity index (χ2n) is 6.35. The van der Waals surface area contributed by atoms with Gasteiger partial charge in [-0.1, -0.05) is 41.6 Å². The number of carboxylic acid groups (broad SMARTS) is 1. The Bertz CT molecular complexity index is 719. The minimum Gasteiger partial charge on any atom is -0.481 e. The summed E-state index contributed by atoms with van der Waals surface area (Å²) in [6.07, 6.45) is 3.83. The number of amides is 1. The fourth-order valence-electron chi connectivity index (χ4n) is 2.70. The van der Waals surface area contributed by atoms with Crippen molar-refractivity contribution < 1.29 is 24.2 Å². The van der Waals surface area contributed by atoms with Gasteiger partial charge in [0.15, 0.2) is 0 Å². The number of nitrogens with zero attached hydrogens (tertiary/aromatic N) is 1. The highest BCUT2D eigenvalue weighted by Gasteiger charge is 2.29. The van der Waals surface area contributed by atoms with Gasteiger partial charge in [0.1, 0.15) is 5.82 Å². The van der Waals surface area contributed by atoms with E-state index in [9.17, 15) is 19.1 Å². The van der Waals surface area contributed by atoms with Crippen LogP contribution in [0.5, 0.6) is 0 Å². The molecular weight excluding hydrogens is 425 g/mol. The van der Waals surface area contributed by atoms with Crippen molar-refractivity contribution in [2.45, 2.75) is 31.4 Å². The van der Waals surface area contributed by atoms with Gasteiger partial charge in [-0.2, -0.15) is 11.8 Å². The number of aliphatic hydroxyl groups is 1. The molecule has 0 aliphatic carbocycles. The van der Waals surface area contributed by atoms with E-state index in [0.717, 1.165) is 17.1 Å². The Morgan fingerprint density at radius 3 is 2.96 bits per heavy atom. The molecule has 5 nitrogen and oxygen atoms in total. The van der Waals surface area contributed by atoms with Gasteiger partial charge in [0.05, 0.1) is 17.2 Å². The van der Waals surface area contributed by atoms with Gasteiger partial charge in [0.25, 0.3) is 5.24 Å². The normalized spacial score (nSPS) is 18.2. The number of benzene rings is 1. The van der Waals surface area contributed by atoms with Gasteiger partial charge in [0, 0.05) is 30.9 Å². The third-order valence-corrected chi connectivity index (χ3v) is 6.48. The van der Waals surface area contributed by atoms with Crippen molar-refractivity contribution in [2.75, 3.05) is 23.8 Å². The molecule has 2 rings (SSSR count). The van der Waals surface area contributed by atoms with Crippen LogP contribution in [0.25, 0.3) is 0 Å². The molecule has 154 valence electrons. The first kappa shape index (κ1) is 23.1. The van der Waals surface area contributed by atoms with Crippen LogP contribution in [0.2, 0.25) is 5.02 Å². The van der Waals surface area contributed by atoms with Crippen LogP contribution in [0.15, 0.2) is 30.4 Å². The van der Waals surface area contributed by atoms with E-state index in [1.54, 1.807) is 28.8 Å². The standard InChI is InChI=1S/C19H23ClFNO4S2/c20-16-11-13(3-6-17(16)21)10-15(23)5-4-14-12-28-19(26)22(14)7-9-27-8-1-2-18(24)25/h3-6,11,14-15,23H,1-2,7-10,12H2,(H,24,25)/b5-4+/t14-,15+/m0/s1. The van der Waals surface area contributed by atoms with Crippen molar-refractivity contribution in [3.05, 3.63) is 46.8 Å². The number of halogens is 2. The molecule has 0 saturated carbocycles. The number of carboxylic acids is 1. The Morgan fingerprint density at radius 2 is 2.25 bits per heavy atom. The summed E-state index contributed by atoms with van der Waals surface area (Å²) < 4.78 is 13.2. The van der Waals surface area contributed by atoms with Gasteiger partial charge in [-0.25, -0.2) is 4.39 Å². The predicted molar refractivity (Wildman–Crippen MR) is 113 cm³/mol. The summed E-state index contributed by atoms with van der Waals surface area (Å²) in [6.45, 7) is 0.586. The maximum atomic E-state index is 13.2. The fourth-order valence-corrected chi connectivity index (χ4v) is 4.78. The van der Waals surface area contributed by atoms with E-state index in [1.165, 1.54) is 23.9 Å². The number of hydrogen-bond acceptors (Lipinski definition) is 5. The average molecular weight is 448 g/mol. The van der Waals surface area contributed by atoms with Crippen LogP contribution in [0.4, 0.5) is 9.18 Å². The SMILES string of the molecule is O=C(O)CCCSCCN1C(=O)SC[C@@H]1/C=C/[C@@H](O)Cc1ccc(F)c(Cl)c1. The Kier molecular flexibility index (Phi) is 9.64. The lowest BCUT2D eigenvalue weighted by atomic mass is 10.1. The first-order valence-electron chi connectivity index (χ1n) is 8.90. The van der Waals surface area contributed by atoms with Crippen LogP contribution in [0.3, 0.4) is 0 Å². The lowest BCUT2D eigenvalue weighted by Gasteiger charge is -2.21. The molecule has 28 heavy (non-hydrogen) atoms. The van der Waals surface area contributed by atoms with Crippen molar-refractivity contribution in [1.29, 1.82) is 0 Å². The molecular formula is C19H23ClFNO4S2. The number of hydrogen-bond donors (Lipinski definition) is 2. The van der Waals surface area contributed by atoms with E-state index in [-0.39, 0.29) is 22.7 Å². The molecule has 1 aliphatic heterocycles. The Balaban J connectivity index is 1.79. The van der Waals surface area contributed by atoms with Crippen molar-refractivity contribution in [2.24, 2.45) is 0 Å². The van der Waals surface area contributed by atoms with Crippen LogP contribution in [-0.2, 0) is 11.2 Å². The predicted octanol–water partition coefficient (Wildman–Crippen LogP) is 4.07. The van der Waals surface area contributed by atoms with E-state index in [0.29, 0.717) is 25.1 Å². The molecule has 0 aromatic heterocycles. The van der Waals surface area contributed by atoms with Gasteiger partial charge >= 0.3 is 5.97 Å². The molecule has 1 aromatic rings. The van der Waals surface area contributed by atoms with Crippen molar-refractivity contribution >= 4 is 46.3 Å². The Morgan fingerprint density at radius 1 is 1.46 bits per heavy atom. The highest BCUT2D eigenvalue weighted by molar-refractivity contribution is 8.13. The number of rotatable bonds is 11. The van der Waals surface area contributed by atoms with Crippen molar-refractivity contribution in [3.63, 3.8) is 0 Å². The topological polar surface area (TPSA) is 77.8 Å². The molecule has 0 spiro atoms. The molecule has 1 aromatic carbocycles. The van der Waals surface area contributed by atoms with Crippen molar-refractivity contribution in [3.8, 4) is 0 Å². The molecule has 0 unspecified atom stereocenters. The number of aliphatic carboxylic acids is 1. The lowest BCUT2D eigenvalue weighted by Crippen LogP contribution is -2.34. The molecule has 9 heteroatoms. The second kappa shape index (κ2) is 11.7. The molecule has 2 N–H and O–H groups in total. The Labute approximate surface area is 177 Å². The van der Waals surface area contributed by atoms with Crippen LogP contribution in [-0.4, -0.2) is 62.3 Å². The summed E-state index contributed by atoms with van der Waals surface area (Å²) in [6, 6.07) is 4.28. The van der Waals surface area contributed by atoms with Gasteiger partial charge in [0.2, 0.25) is 0 Å². The lowest BCUT2D eigenvalue weighted by molar-refractivity contribution is -0.137. The van der Waals surface area contributed by atoms with E-state index < -0.39 is 17.9 Å². The summed E-state index contributed by atoms with van der Waals surface area (Å²) in [5.74, 6) is 0.842. The highest BCUT2D eigenvalue weighted by Crippen LogP contribution is 2.25. The maximum absolute atomic E-state index is 13.2. The second-order valence-corrected chi connectivity index (χ2v) is 8.96. The third-order valence-electron chi connectivity index (χ3n) is 4.15. The van der Waals surface area contributed by atoms with E-state index in [4.69, 9.17) is 16.7 Å². The molecule has 0 radical (unpaired) electrons. The van der Waals surface area contributed by atoms with Crippen molar-refractivity contribution in [1.82, 2.24) is 4.90 Å². The molecule has 1 aliphatic rings. The summed E-state index contributed by atoms with van der Waals surface area (Å²) >= 11 is 8.64. The minimum absolute atomic E-state index is 0.0144. The zero-order valence-corrected chi connectivity index (χ0v) is 17.6. The van der Waals surface area contributed by atoms with E-state index in [2.05, 4.69) is 0 Å². The van der Waals surface area contributed by atoms with Crippen LogP contribution < -0.4 is 0 Å². The van der Waals surface area contributed by atoms with E-state index in [1.807, 2.05) is 6.08 Å². The summed E-state index contributed by atoms with van der Waals surface area (Å²) in [4.78, 5) is 24.3. The largest absolute Gasteiger partial charge is 0.481 e. The molecule has 2 atom stereocenters. The molecule has 1 amide bonds. The Hall–Kier alpha value is -1.22. The zero-order valence-electron chi connectivity index (χ0n) is 15.2. The zero-order chi connectivity index (χ0) is 20.5. The molecule has 1 fully saturated rings. The average Bonchev–Trinajstić information content (AvgIpc) is 2.99. The fraction of sp³-hybridized carbons (Fsp3) is 0.474. The highest BCUT2D eigenvalue weighted by atomic mass is 35.5. The van der Waals surface area contributed by atoms with Gasteiger partial charge in [-0.05, 0) is 29.9 Å². The smallest absolute Gasteiger partial charge is 0.303 e. The van der Waals surface area contributed by atoms with Gasteiger partial charge < -0.3 is 15.1 Å². The van der Waals surface area contributed by atoms with Crippen LogP contribution in [0, 0.1) is 5.82 Å². The third kappa shape index (κ3) is 7.66. The summed E-state index contributed by atoms with van der Waals surface area (Å²) in [5, 5.41) is 18.9. The number of carbonyl (C=O) groups excluding carboxylic acids is 1. The molecule has 1 saturated heterocycles. The maximum Gasteiger partial charge on any atom is 0.303 e. The van der Waals surface area contributed by atoms with Gasteiger partial charge in [-0.3, -0.25) is 9.59 Å². The number of aliphatic hydroxyl groups excluding tert-OH is 1. The minimum atomic E-state index is -0.793. The molecule has 0 bridgehead atoms. The summed E-state index contributed by atoms with van der Waals surface area (Å²) in [7, 11) is 0. The quantitative estimate of drug-likeness (QED) is 0.393. The van der Waals surface area contributed by atoms with Gasteiger partial charge in [-0.15, -0.1) is 0 Å². The van der Waals surface area contributed by atoms with E-state index >= 15 is 0 Å². The number of thioether (sulfide) groups is 2. The molecule has 1 heterocycles. The monoisotopic (exact) mass is 447 g/mol. The summed E-state index contributed by atoms with van der Waals surface area (Å²) in [5.41, 5.74) is 0.732. The first-order chi connectivity index (χ1) is 13.4. The van der Waals surface area contributed by atoms with Crippen LogP contribution in [0.1, 0.15) is 18.4 Å². The van der Waals surface area contributed by atoms with Crippen LogP contribution >= 0.6 is 35.1 Å².